The number of hydrogen-bond acceptors (Lipinski definition) is 6. The van der Waals surface area contributed by atoms with Crippen LogP contribution in [0.1, 0.15) is 45.1 Å². The molecule has 2 aliphatic rings. The Morgan fingerprint density at radius 1 is 1.09 bits per heavy atom. The van der Waals surface area contributed by atoms with E-state index in [1.165, 1.54) is 7.11 Å². The summed E-state index contributed by atoms with van der Waals surface area (Å²) in [5, 5.41) is 1.35. The average molecular weight is 521 g/mol. The van der Waals surface area contributed by atoms with E-state index in [1.54, 1.807) is 4.90 Å². The number of fused-ring (bicyclic) bond motifs is 1. The van der Waals surface area contributed by atoms with E-state index in [0.717, 1.165) is 24.3 Å². The standard InChI is InChI=1S/C26H30Cl2N2O5/c1-26(2,3)35-25(32)30-15-18(9-11-23(31)33-4)34-22-10-8-17(12-21(22)30)29-13-16(14-29)24-19(27)6-5-7-20(24)28/h5-8,10,12,16,18H,9,11,13-15H2,1-4H3/t18-/m0/s1. The van der Waals surface area contributed by atoms with Crippen molar-refractivity contribution >= 4 is 46.6 Å². The third kappa shape index (κ3) is 5.78. The van der Waals surface area contributed by atoms with E-state index in [-0.39, 0.29) is 31.0 Å². The molecular weight excluding hydrogens is 491 g/mol. The molecular formula is C26H30Cl2N2O5. The second-order valence-corrected chi connectivity index (χ2v) is 10.6. The molecule has 0 radical (unpaired) electrons. The van der Waals surface area contributed by atoms with E-state index >= 15 is 0 Å². The Bertz CT molecular complexity index is 1090. The van der Waals surface area contributed by atoms with Gasteiger partial charge >= 0.3 is 12.1 Å². The fourth-order valence-corrected chi connectivity index (χ4v) is 5.03. The van der Waals surface area contributed by atoms with Crippen molar-refractivity contribution in [3.8, 4) is 5.75 Å². The van der Waals surface area contributed by atoms with Gasteiger partial charge in [-0.1, -0.05) is 29.3 Å². The van der Waals surface area contributed by atoms with Crippen molar-refractivity contribution in [1.82, 2.24) is 0 Å². The second-order valence-electron chi connectivity index (χ2n) is 9.83. The summed E-state index contributed by atoms with van der Waals surface area (Å²) in [7, 11) is 1.36. The van der Waals surface area contributed by atoms with E-state index in [2.05, 4.69) is 4.90 Å². The number of halogens is 2. The Labute approximate surface area is 215 Å². The fourth-order valence-electron chi connectivity index (χ4n) is 4.33. The second kappa shape index (κ2) is 10.2. The number of anilines is 2. The summed E-state index contributed by atoms with van der Waals surface area (Å²) in [6, 6.07) is 11.3. The lowest BCUT2D eigenvalue weighted by Crippen LogP contribution is -2.47. The summed E-state index contributed by atoms with van der Waals surface area (Å²) in [5.74, 6) is 0.490. The first-order valence-electron chi connectivity index (χ1n) is 11.6. The van der Waals surface area contributed by atoms with Gasteiger partial charge in [0.15, 0.2) is 0 Å². The molecule has 1 amide bonds. The molecule has 0 spiro atoms. The summed E-state index contributed by atoms with van der Waals surface area (Å²) in [4.78, 5) is 28.5. The van der Waals surface area contributed by atoms with Gasteiger partial charge in [-0.2, -0.15) is 0 Å². The molecule has 0 saturated carbocycles. The monoisotopic (exact) mass is 520 g/mol. The molecule has 0 aliphatic carbocycles. The molecule has 2 aliphatic heterocycles. The lowest BCUT2D eigenvalue weighted by molar-refractivity contribution is -0.141. The van der Waals surface area contributed by atoms with Crippen LogP contribution in [0.4, 0.5) is 16.2 Å². The van der Waals surface area contributed by atoms with Crippen LogP contribution in [-0.4, -0.2) is 50.5 Å². The minimum Gasteiger partial charge on any atom is -0.486 e. The van der Waals surface area contributed by atoms with Crippen molar-refractivity contribution in [1.29, 1.82) is 0 Å². The Balaban J connectivity index is 1.54. The normalized spacial score (nSPS) is 17.8. The third-order valence-electron chi connectivity index (χ3n) is 6.08. The lowest BCUT2D eigenvalue weighted by atomic mass is 9.90. The van der Waals surface area contributed by atoms with Crippen molar-refractivity contribution in [3.05, 3.63) is 52.0 Å². The first-order valence-corrected chi connectivity index (χ1v) is 12.4. The van der Waals surface area contributed by atoms with Crippen molar-refractivity contribution in [2.75, 3.05) is 36.5 Å². The number of nitrogens with zero attached hydrogens (tertiary/aromatic N) is 2. The maximum atomic E-state index is 13.1. The Morgan fingerprint density at radius 2 is 1.77 bits per heavy atom. The molecule has 2 aromatic carbocycles. The highest BCUT2D eigenvalue weighted by atomic mass is 35.5. The van der Waals surface area contributed by atoms with E-state index in [9.17, 15) is 9.59 Å². The van der Waals surface area contributed by atoms with Crippen LogP contribution in [0.5, 0.6) is 5.75 Å². The van der Waals surface area contributed by atoms with Crippen LogP contribution in [0.2, 0.25) is 10.0 Å². The highest BCUT2D eigenvalue weighted by molar-refractivity contribution is 6.36. The minimum atomic E-state index is -0.645. The molecule has 2 aromatic rings. The predicted octanol–water partition coefficient (Wildman–Crippen LogP) is 6.05. The molecule has 0 unspecified atom stereocenters. The van der Waals surface area contributed by atoms with Crippen molar-refractivity contribution in [2.45, 2.75) is 51.2 Å². The number of carbonyl (C=O) groups is 2. The molecule has 188 valence electrons. The SMILES string of the molecule is COC(=O)CC[C@H]1CN(C(=O)OC(C)(C)C)c2cc(N3CC(c4c(Cl)cccc4Cl)C3)ccc2O1. The van der Waals surface area contributed by atoms with E-state index in [1.807, 2.05) is 57.2 Å². The first-order chi connectivity index (χ1) is 16.6. The summed E-state index contributed by atoms with van der Waals surface area (Å²) < 4.78 is 16.5. The number of esters is 1. The van der Waals surface area contributed by atoms with Gasteiger partial charge in [0.25, 0.3) is 0 Å². The maximum absolute atomic E-state index is 13.1. The van der Waals surface area contributed by atoms with E-state index < -0.39 is 11.7 Å². The average Bonchev–Trinajstić information content (AvgIpc) is 2.76. The van der Waals surface area contributed by atoms with Crippen LogP contribution in [0.3, 0.4) is 0 Å². The van der Waals surface area contributed by atoms with Crippen LogP contribution in [0.25, 0.3) is 0 Å². The summed E-state index contributed by atoms with van der Waals surface area (Å²) in [6.07, 6.45) is -0.168. The van der Waals surface area contributed by atoms with Gasteiger partial charge in [0.05, 0.1) is 19.3 Å². The zero-order valence-electron chi connectivity index (χ0n) is 20.3. The van der Waals surface area contributed by atoms with Gasteiger partial charge in [-0.25, -0.2) is 4.79 Å². The molecule has 0 N–H and O–H groups in total. The molecule has 1 saturated heterocycles. The number of ether oxygens (including phenoxy) is 3. The molecule has 1 fully saturated rings. The smallest absolute Gasteiger partial charge is 0.415 e. The molecule has 0 aromatic heterocycles. The van der Waals surface area contributed by atoms with Gasteiger partial charge in [0.2, 0.25) is 0 Å². The molecule has 1 atom stereocenters. The first kappa shape index (κ1) is 25.5. The number of rotatable bonds is 5. The Morgan fingerprint density at radius 3 is 2.40 bits per heavy atom. The van der Waals surface area contributed by atoms with E-state index in [4.69, 9.17) is 37.4 Å². The Hall–Kier alpha value is -2.64. The quantitative estimate of drug-likeness (QED) is 0.446. The zero-order chi connectivity index (χ0) is 25.3. The number of benzene rings is 2. The highest BCUT2D eigenvalue weighted by Gasteiger charge is 2.36. The Kier molecular flexibility index (Phi) is 7.38. The largest absolute Gasteiger partial charge is 0.486 e. The van der Waals surface area contributed by atoms with Crippen LogP contribution in [0, 0.1) is 0 Å². The fraction of sp³-hybridized carbons (Fsp3) is 0.462. The molecule has 4 rings (SSSR count). The van der Waals surface area contributed by atoms with Crippen molar-refractivity contribution in [3.63, 3.8) is 0 Å². The van der Waals surface area contributed by atoms with Gasteiger partial charge in [0.1, 0.15) is 17.5 Å². The predicted molar refractivity (Wildman–Crippen MR) is 137 cm³/mol. The van der Waals surface area contributed by atoms with Gasteiger partial charge < -0.3 is 19.1 Å². The summed E-state index contributed by atoms with van der Waals surface area (Å²) >= 11 is 12.8. The minimum absolute atomic E-state index is 0.205. The van der Waals surface area contributed by atoms with Crippen LogP contribution in [-0.2, 0) is 14.3 Å². The zero-order valence-corrected chi connectivity index (χ0v) is 21.9. The third-order valence-corrected chi connectivity index (χ3v) is 6.74. The lowest BCUT2D eigenvalue weighted by Gasteiger charge is -2.43. The van der Waals surface area contributed by atoms with Crippen molar-refractivity contribution < 1.29 is 23.8 Å². The number of carbonyl (C=O) groups excluding carboxylic acids is 2. The number of amides is 1. The summed E-state index contributed by atoms with van der Waals surface area (Å²) in [6.45, 7) is 7.29. The number of methoxy groups -OCH3 is 1. The summed E-state index contributed by atoms with van der Waals surface area (Å²) in [5.41, 5.74) is 1.93. The molecule has 7 nitrogen and oxygen atoms in total. The van der Waals surface area contributed by atoms with Gasteiger partial charge in [-0.05, 0) is 63.1 Å². The van der Waals surface area contributed by atoms with Gasteiger partial charge in [-0.15, -0.1) is 0 Å². The van der Waals surface area contributed by atoms with E-state index in [0.29, 0.717) is 27.9 Å². The van der Waals surface area contributed by atoms with Gasteiger partial charge in [-0.3, -0.25) is 9.69 Å². The topological polar surface area (TPSA) is 68.3 Å². The molecule has 0 bridgehead atoms. The highest BCUT2D eigenvalue weighted by Crippen LogP contribution is 2.43. The van der Waals surface area contributed by atoms with Gasteiger partial charge in [0, 0.05) is 41.2 Å². The van der Waals surface area contributed by atoms with Crippen molar-refractivity contribution in [2.24, 2.45) is 0 Å². The van der Waals surface area contributed by atoms with Crippen LogP contribution >= 0.6 is 23.2 Å². The van der Waals surface area contributed by atoms with Crippen LogP contribution in [0.15, 0.2) is 36.4 Å². The maximum Gasteiger partial charge on any atom is 0.415 e. The molecule has 2 heterocycles. The molecule has 9 heteroatoms. The van der Waals surface area contributed by atoms with Crippen LogP contribution < -0.4 is 14.5 Å². The number of hydrogen-bond donors (Lipinski definition) is 0. The molecule has 35 heavy (non-hydrogen) atoms.